The Bertz CT molecular complexity index is 404. The molecule has 0 aromatic heterocycles. The van der Waals surface area contributed by atoms with E-state index in [9.17, 15) is 14.7 Å². The number of likely N-dealkylation sites (N-methyl/N-ethyl adjacent to an activating group) is 1. The molecule has 28 heavy (non-hydrogen) atoms. The molecule has 0 amide bonds. The topological polar surface area (TPSA) is 66.4 Å². The quantitative estimate of drug-likeness (QED) is 0.185. The molecule has 0 heterocycles. The lowest BCUT2D eigenvalue weighted by Crippen LogP contribution is -2.45. The molecule has 0 aromatic carbocycles. The lowest BCUT2D eigenvalue weighted by molar-refractivity contribution is -0.873. The highest BCUT2D eigenvalue weighted by Crippen LogP contribution is 2.13. The van der Waals surface area contributed by atoms with Crippen molar-refractivity contribution in [1.29, 1.82) is 0 Å². The van der Waals surface area contributed by atoms with Crippen LogP contribution in [0.15, 0.2) is 0 Å². The second kappa shape index (κ2) is 16.8. The van der Waals surface area contributed by atoms with Gasteiger partial charge in [-0.1, -0.05) is 84.0 Å². The summed E-state index contributed by atoms with van der Waals surface area (Å²) in [6, 6.07) is 0. The first-order chi connectivity index (χ1) is 13.2. The van der Waals surface area contributed by atoms with E-state index in [4.69, 9.17) is 4.74 Å². The summed E-state index contributed by atoms with van der Waals surface area (Å²) < 4.78 is 5.91. The number of aliphatic carboxylic acids is 1. The largest absolute Gasteiger partial charge is 0.550 e. The fourth-order valence-electron chi connectivity index (χ4n) is 3.47. The van der Waals surface area contributed by atoms with E-state index >= 15 is 0 Å². The molecule has 5 heteroatoms. The molecule has 5 nitrogen and oxygen atoms in total. The third-order valence-corrected chi connectivity index (χ3v) is 4.93. The summed E-state index contributed by atoms with van der Waals surface area (Å²) in [5, 5.41) is 10.9. The van der Waals surface area contributed by atoms with Crippen molar-refractivity contribution in [2.24, 2.45) is 0 Å². The molecule has 0 radical (unpaired) electrons. The minimum Gasteiger partial charge on any atom is -0.550 e. The second-order valence-electron chi connectivity index (χ2n) is 9.15. The smallest absolute Gasteiger partial charge is 0.306 e. The van der Waals surface area contributed by atoms with Crippen molar-refractivity contribution >= 4 is 11.9 Å². The van der Waals surface area contributed by atoms with Gasteiger partial charge in [0.25, 0.3) is 0 Å². The van der Waals surface area contributed by atoms with Crippen LogP contribution < -0.4 is 5.11 Å². The number of ether oxygens (including phenoxy) is 1. The summed E-state index contributed by atoms with van der Waals surface area (Å²) in [4.78, 5) is 22.8. The third kappa shape index (κ3) is 19.7. The number of carbonyl (C=O) groups is 2. The molecule has 0 bridgehead atoms. The monoisotopic (exact) mass is 399 g/mol. The molecule has 166 valence electrons. The van der Waals surface area contributed by atoms with E-state index in [0.717, 1.165) is 19.3 Å². The van der Waals surface area contributed by atoms with Crippen LogP contribution in [-0.4, -0.2) is 50.2 Å². The summed E-state index contributed by atoms with van der Waals surface area (Å²) in [5.74, 6) is -1.46. The standard InChI is InChI=1S/C23H45NO4/c1-5-6-7-8-9-10-11-12-13-14-15-16-17-18-23(27)28-21(19-22(25)26)20-24(2,3)4/h21H,5-20H2,1-4H3/t21-/m0/s1. The van der Waals surface area contributed by atoms with Crippen LogP contribution in [0.4, 0.5) is 0 Å². The summed E-state index contributed by atoms with van der Waals surface area (Å²) in [7, 11) is 5.84. The molecule has 0 spiro atoms. The molecule has 0 unspecified atom stereocenters. The van der Waals surface area contributed by atoms with Gasteiger partial charge in [0.05, 0.1) is 21.1 Å². The summed E-state index contributed by atoms with van der Waals surface area (Å²) in [6.45, 7) is 2.72. The van der Waals surface area contributed by atoms with Crippen LogP contribution >= 0.6 is 0 Å². The van der Waals surface area contributed by atoms with Crippen molar-refractivity contribution in [3.63, 3.8) is 0 Å². The average Bonchev–Trinajstić information content (AvgIpc) is 2.56. The van der Waals surface area contributed by atoms with E-state index < -0.39 is 12.1 Å². The van der Waals surface area contributed by atoms with Crippen LogP contribution in [0.2, 0.25) is 0 Å². The molecular formula is C23H45NO4. The van der Waals surface area contributed by atoms with E-state index in [2.05, 4.69) is 6.92 Å². The predicted molar refractivity (Wildman–Crippen MR) is 113 cm³/mol. The van der Waals surface area contributed by atoms with Gasteiger partial charge in [-0.05, 0) is 6.42 Å². The Morgan fingerprint density at radius 2 is 1.21 bits per heavy atom. The van der Waals surface area contributed by atoms with Gasteiger partial charge in [0, 0.05) is 18.8 Å². The minimum atomic E-state index is -1.17. The molecule has 0 saturated heterocycles. The Labute approximate surface area is 173 Å². The van der Waals surface area contributed by atoms with Crippen molar-refractivity contribution in [1.82, 2.24) is 0 Å². The Balaban J connectivity index is 3.63. The number of carbonyl (C=O) groups excluding carboxylic acids is 2. The van der Waals surface area contributed by atoms with Gasteiger partial charge < -0.3 is 19.1 Å². The molecule has 0 aliphatic rings. The van der Waals surface area contributed by atoms with E-state index in [-0.39, 0.29) is 12.4 Å². The lowest BCUT2D eigenvalue weighted by Gasteiger charge is -2.29. The van der Waals surface area contributed by atoms with Gasteiger partial charge in [-0.15, -0.1) is 0 Å². The van der Waals surface area contributed by atoms with E-state index in [1.807, 2.05) is 21.1 Å². The van der Waals surface area contributed by atoms with Gasteiger partial charge in [-0.25, -0.2) is 0 Å². The van der Waals surface area contributed by atoms with Crippen LogP contribution in [0.3, 0.4) is 0 Å². The number of rotatable bonds is 19. The van der Waals surface area contributed by atoms with Gasteiger partial charge in [-0.3, -0.25) is 4.79 Å². The highest BCUT2D eigenvalue weighted by Gasteiger charge is 2.22. The van der Waals surface area contributed by atoms with E-state index in [1.165, 1.54) is 64.2 Å². The Morgan fingerprint density at radius 1 is 0.786 bits per heavy atom. The van der Waals surface area contributed by atoms with Gasteiger partial charge in [0.1, 0.15) is 6.54 Å². The Morgan fingerprint density at radius 3 is 1.61 bits per heavy atom. The van der Waals surface area contributed by atoms with E-state index in [1.54, 1.807) is 0 Å². The van der Waals surface area contributed by atoms with Crippen molar-refractivity contribution in [3.05, 3.63) is 0 Å². The number of carboxylic acid groups (broad SMARTS) is 1. The SMILES string of the molecule is CCCCCCCCCCCCCCCC(=O)O[C@@H](CC(=O)[O-])C[N+](C)(C)C. The lowest BCUT2D eigenvalue weighted by atomic mass is 10.0. The zero-order valence-corrected chi connectivity index (χ0v) is 19.0. The zero-order valence-electron chi connectivity index (χ0n) is 19.0. The van der Waals surface area contributed by atoms with Gasteiger partial charge in [0.2, 0.25) is 0 Å². The molecule has 0 saturated carbocycles. The predicted octanol–water partition coefficient (Wildman–Crippen LogP) is 4.23. The van der Waals surface area contributed by atoms with Gasteiger partial charge in [0.15, 0.2) is 6.10 Å². The summed E-state index contributed by atoms with van der Waals surface area (Å²) in [5.41, 5.74) is 0. The fraction of sp³-hybridized carbons (Fsp3) is 0.913. The highest BCUT2D eigenvalue weighted by atomic mass is 16.5. The molecule has 1 atom stereocenters. The molecule has 0 N–H and O–H groups in total. The molecule has 0 aromatic rings. The maximum atomic E-state index is 12.0. The van der Waals surface area contributed by atoms with Crippen molar-refractivity contribution in [3.8, 4) is 0 Å². The number of quaternary nitrogens is 1. The average molecular weight is 400 g/mol. The molecular weight excluding hydrogens is 354 g/mol. The van der Waals surface area contributed by atoms with Crippen molar-refractivity contribution in [2.45, 2.75) is 109 Å². The van der Waals surface area contributed by atoms with Crippen molar-refractivity contribution < 1.29 is 23.9 Å². The number of esters is 1. The number of hydrogen-bond acceptors (Lipinski definition) is 4. The first-order valence-electron chi connectivity index (χ1n) is 11.4. The van der Waals surface area contributed by atoms with Crippen LogP contribution in [0, 0.1) is 0 Å². The third-order valence-electron chi connectivity index (χ3n) is 4.93. The number of carboxylic acids is 1. The first-order valence-corrected chi connectivity index (χ1v) is 11.4. The van der Waals surface area contributed by atoms with Crippen LogP contribution in [0.5, 0.6) is 0 Å². The number of hydrogen-bond donors (Lipinski definition) is 0. The fourth-order valence-corrected chi connectivity index (χ4v) is 3.47. The number of nitrogens with zero attached hydrogens (tertiary/aromatic N) is 1. The Kier molecular flexibility index (Phi) is 16.2. The molecule has 0 rings (SSSR count). The molecule has 0 aliphatic heterocycles. The zero-order chi connectivity index (χ0) is 21.3. The minimum absolute atomic E-state index is 0.236. The van der Waals surface area contributed by atoms with E-state index in [0.29, 0.717) is 17.4 Å². The highest BCUT2D eigenvalue weighted by molar-refractivity contribution is 5.70. The normalized spacial score (nSPS) is 12.7. The number of unbranched alkanes of at least 4 members (excludes halogenated alkanes) is 12. The maximum Gasteiger partial charge on any atom is 0.306 e. The summed E-state index contributed by atoms with van der Waals surface area (Å²) >= 11 is 0. The molecule has 0 fully saturated rings. The van der Waals surface area contributed by atoms with Crippen LogP contribution in [0.25, 0.3) is 0 Å². The van der Waals surface area contributed by atoms with Crippen molar-refractivity contribution in [2.75, 3.05) is 27.7 Å². The van der Waals surface area contributed by atoms with Gasteiger partial charge in [-0.2, -0.15) is 0 Å². The van der Waals surface area contributed by atoms with Crippen LogP contribution in [-0.2, 0) is 14.3 Å². The first kappa shape index (κ1) is 26.9. The summed E-state index contributed by atoms with van der Waals surface area (Å²) in [6.07, 6.45) is 16.0. The molecule has 0 aliphatic carbocycles. The second-order valence-corrected chi connectivity index (χ2v) is 9.15. The van der Waals surface area contributed by atoms with Crippen LogP contribution in [0.1, 0.15) is 103 Å². The Hall–Kier alpha value is -1.10. The van der Waals surface area contributed by atoms with Gasteiger partial charge >= 0.3 is 5.97 Å². The maximum absolute atomic E-state index is 12.0.